The number of nitrogens with zero attached hydrogens (tertiary/aromatic N) is 2. The van der Waals surface area contributed by atoms with Crippen molar-refractivity contribution in [3.63, 3.8) is 0 Å². The first-order valence-corrected chi connectivity index (χ1v) is 6.71. The number of nitrogens with one attached hydrogen (secondary N) is 1. The van der Waals surface area contributed by atoms with Crippen molar-refractivity contribution in [3.8, 4) is 10.6 Å². The van der Waals surface area contributed by atoms with E-state index in [1.807, 2.05) is 19.1 Å². The van der Waals surface area contributed by atoms with Crippen LogP contribution in [0.4, 0.5) is 4.79 Å². The number of hydrogen-bond acceptors (Lipinski definition) is 5. The molecule has 100 valence electrons. The van der Waals surface area contributed by atoms with Crippen LogP contribution in [0.25, 0.3) is 10.6 Å². The second-order valence-electron chi connectivity index (χ2n) is 3.94. The third-order valence-corrected chi connectivity index (χ3v) is 3.87. The smallest absolute Gasteiger partial charge is 0.406 e. The second-order valence-corrected chi connectivity index (χ2v) is 5.02. The predicted octanol–water partition coefficient (Wildman–Crippen LogP) is 2.41. The lowest BCUT2D eigenvalue weighted by atomic mass is 10.3. The summed E-state index contributed by atoms with van der Waals surface area (Å²) in [5.74, 6) is 0. The fourth-order valence-electron chi connectivity index (χ4n) is 1.62. The molecular formula is C13H15N3O2S. The molecule has 0 unspecified atom stereocenters. The molecule has 0 saturated carbocycles. The molecule has 2 aromatic heterocycles. The second kappa shape index (κ2) is 6.29. The number of ether oxygens (including phenoxy) is 1. The minimum atomic E-state index is -0.408. The van der Waals surface area contributed by atoms with E-state index >= 15 is 0 Å². The van der Waals surface area contributed by atoms with E-state index in [1.165, 1.54) is 7.11 Å². The van der Waals surface area contributed by atoms with E-state index < -0.39 is 6.09 Å². The number of thiazole rings is 1. The van der Waals surface area contributed by atoms with Gasteiger partial charge in [-0.25, -0.2) is 9.78 Å². The number of aromatic nitrogens is 2. The van der Waals surface area contributed by atoms with Crippen molar-refractivity contribution in [1.29, 1.82) is 0 Å². The van der Waals surface area contributed by atoms with Crippen molar-refractivity contribution >= 4 is 17.4 Å². The number of aryl methyl sites for hydroxylation is 1. The Morgan fingerprint density at radius 3 is 3.05 bits per heavy atom. The Balaban J connectivity index is 2.03. The highest BCUT2D eigenvalue weighted by Gasteiger charge is 2.09. The van der Waals surface area contributed by atoms with Gasteiger partial charge in [0.2, 0.25) is 0 Å². The number of carbonyl (C=O) groups excluding carboxylic acids is 1. The molecule has 0 atom stereocenters. The van der Waals surface area contributed by atoms with Crippen molar-refractivity contribution in [2.75, 3.05) is 13.7 Å². The third kappa shape index (κ3) is 3.51. The van der Waals surface area contributed by atoms with Crippen LogP contribution in [0, 0.1) is 6.92 Å². The van der Waals surface area contributed by atoms with Crippen molar-refractivity contribution in [1.82, 2.24) is 15.3 Å². The maximum atomic E-state index is 11.0. The number of pyridine rings is 1. The largest absolute Gasteiger partial charge is 0.453 e. The number of alkyl carbamates (subject to hydrolysis) is 1. The molecule has 0 bridgehead atoms. The molecule has 0 radical (unpaired) electrons. The minimum absolute atomic E-state index is 0.408. The predicted molar refractivity (Wildman–Crippen MR) is 74.2 cm³/mol. The van der Waals surface area contributed by atoms with Gasteiger partial charge in [0.1, 0.15) is 5.01 Å². The minimum Gasteiger partial charge on any atom is -0.453 e. The number of amides is 1. The lowest BCUT2D eigenvalue weighted by molar-refractivity contribution is 0.171. The molecule has 19 heavy (non-hydrogen) atoms. The summed E-state index contributed by atoms with van der Waals surface area (Å²) in [6, 6.07) is 3.88. The summed E-state index contributed by atoms with van der Waals surface area (Å²) >= 11 is 1.63. The van der Waals surface area contributed by atoms with Gasteiger partial charge in [0.15, 0.2) is 0 Å². The van der Waals surface area contributed by atoms with E-state index in [-0.39, 0.29) is 0 Å². The summed E-state index contributed by atoms with van der Waals surface area (Å²) in [7, 11) is 1.35. The van der Waals surface area contributed by atoms with Gasteiger partial charge in [-0.15, -0.1) is 11.3 Å². The van der Waals surface area contributed by atoms with Crippen LogP contribution >= 0.6 is 11.3 Å². The first kappa shape index (κ1) is 13.5. The van der Waals surface area contributed by atoms with E-state index in [0.717, 1.165) is 27.6 Å². The standard InChI is InChI=1S/C13H15N3O2S/c1-9-11(5-7-15-13(17)18-2)19-12(16-9)10-4-3-6-14-8-10/h3-4,6,8H,5,7H2,1-2H3,(H,15,17). The monoisotopic (exact) mass is 277 g/mol. The molecule has 1 N–H and O–H groups in total. The fraction of sp³-hybridized carbons (Fsp3) is 0.308. The van der Waals surface area contributed by atoms with E-state index in [4.69, 9.17) is 0 Å². The first-order valence-electron chi connectivity index (χ1n) is 5.89. The van der Waals surface area contributed by atoms with Gasteiger partial charge >= 0.3 is 6.09 Å². The SMILES string of the molecule is COC(=O)NCCc1sc(-c2cccnc2)nc1C. The Hall–Kier alpha value is -1.95. The van der Waals surface area contributed by atoms with E-state index in [1.54, 1.807) is 23.7 Å². The Morgan fingerprint density at radius 2 is 2.37 bits per heavy atom. The van der Waals surface area contributed by atoms with E-state index in [9.17, 15) is 4.79 Å². The van der Waals surface area contributed by atoms with Crippen LogP contribution in [0.5, 0.6) is 0 Å². The molecule has 0 fully saturated rings. The van der Waals surface area contributed by atoms with E-state index in [0.29, 0.717) is 6.54 Å². The molecule has 2 heterocycles. The molecule has 0 aliphatic heterocycles. The molecule has 0 aliphatic carbocycles. The normalized spacial score (nSPS) is 10.2. The zero-order valence-electron chi connectivity index (χ0n) is 10.8. The number of hydrogen-bond donors (Lipinski definition) is 1. The Kier molecular flexibility index (Phi) is 4.46. The molecule has 2 rings (SSSR count). The lowest BCUT2D eigenvalue weighted by Crippen LogP contribution is -2.25. The van der Waals surface area contributed by atoms with E-state index in [2.05, 4.69) is 20.0 Å². The van der Waals surface area contributed by atoms with Crippen LogP contribution in [0.3, 0.4) is 0 Å². The van der Waals surface area contributed by atoms with Gasteiger partial charge in [0.05, 0.1) is 12.8 Å². The summed E-state index contributed by atoms with van der Waals surface area (Å²) in [4.78, 5) is 20.7. The highest BCUT2D eigenvalue weighted by atomic mass is 32.1. The van der Waals surface area contributed by atoms with Crippen LogP contribution in [0.15, 0.2) is 24.5 Å². The van der Waals surface area contributed by atoms with Crippen LogP contribution in [-0.4, -0.2) is 29.7 Å². The molecule has 0 aromatic carbocycles. The number of carbonyl (C=O) groups is 1. The third-order valence-electron chi connectivity index (χ3n) is 2.61. The zero-order valence-corrected chi connectivity index (χ0v) is 11.7. The molecule has 0 aliphatic rings. The quantitative estimate of drug-likeness (QED) is 0.932. The molecule has 5 nitrogen and oxygen atoms in total. The molecule has 6 heteroatoms. The Labute approximate surface area is 115 Å². The topological polar surface area (TPSA) is 64.1 Å². The van der Waals surface area contributed by atoms with Gasteiger partial charge in [-0.3, -0.25) is 4.98 Å². The van der Waals surface area contributed by atoms with Crippen LogP contribution in [0.2, 0.25) is 0 Å². The molecule has 0 saturated heterocycles. The van der Waals surface area contributed by atoms with Gasteiger partial charge in [-0.1, -0.05) is 0 Å². The number of methoxy groups -OCH3 is 1. The lowest BCUT2D eigenvalue weighted by Gasteiger charge is -2.01. The molecule has 2 aromatic rings. The highest BCUT2D eigenvalue weighted by molar-refractivity contribution is 7.15. The maximum Gasteiger partial charge on any atom is 0.406 e. The maximum absolute atomic E-state index is 11.0. The van der Waals surface area contributed by atoms with Gasteiger partial charge in [-0.2, -0.15) is 0 Å². The molecule has 1 amide bonds. The summed E-state index contributed by atoms with van der Waals surface area (Å²) in [5.41, 5.74) is 2.01. The highest BCUT2D eigenvalue weighted by Crippen LogP contribution is 2.27. The number of rotatable bonds is 4. The van der Waals surface area contributed by atoms with Crippen molar-refractivity contribution in [2.24, 2.45) is 0 Å². The average Bonchev–Trinajstić information content (AvgIpc) is 2.81. The van der Waals surface area contributed by atoms with Gasteiger partial charge in [-0.05, 0) is 19.1 Å². The Bertz CT molecular complexity index is 554. The summed E-state index contributed by atoms with van der Waals surface area (Å²) in [6.45, 7) is 2.52. The summed E-state index contributed by atoms with van der Waals surface area (Å²) < 4.78 is 4.52. The van der Waals surface area contributed by atoms with Crippen LogP contribution in [0.1, 0.15) is 10.6 Å². The summed E-state index contributed by atoms with van der Waals surface area (Å²) in [6.07, 6.45) is 3.88. The Morgan fingerprint density at radius 1 is 1.53 bits per heavy atom. The zero-order chi connectivity index (χ0) is 13.7. The molecule has 0 spiro atoms. The summed E-state index contributed by atoms with van der Waals surface area (Å²) in [5, 5.41) is 3.62. The van der Waals surface area contributed by atoms with Gasteiger partial charge < -0.3 is 10.1 Å². The van der Waals surface area contributed by atoms with Crippen molar-refractivity contribution in [3.05, 3.63) is 35.1 Å². The first-order chi connectivity index (χ1) is 9.20. The van der Waals surface area contributed by atoms with Crippen molar-refractivity contribution < 1.29 is 9.53 Å². The van der Waals surface area contributed by atoms with Crippen molar-refractivity contribution in [2.45, 2.75) is 13.3 Å². The molecular weight excluding hydrogens is 262 g/mol. The van der Waals surface area contributed by atoms with Crippen LogP contribution in [-0.2, 0) is 11.2 Å². The fourth-order valence-corrected chi connectivity index (χ4v) is 2.68. The van der Waals surface area contributed by atoms with Gasteiger partial charge in [0.25, 0.3) is 0 Å². The van der Waals surface area contributed by atoms with Gasteiger partial charge in [0, 0.05) is 35.8 Å². The van der Waals surface area contributed by atoms with Crippen LogP contribution < -0.4 is 5.32 Å². The average molecular weight is 277 g/mol.